The predicted molar refractivity (Wildman–Crippen MR) is 263 cm³/mol. The van der Waals surface area contributed by atoms with Gasteiger partial charge in [-0.1, -0.05) is 42.5 Å². The number of hydrogen-bond donors (Lipinski definition) is 7. The zero-order valence-electron chi connectivity index (χ0n) is 42.4. The van der Waals surface area contributed by atoms with Crippen molar-refractivity contribution in [3.8, 4) is 22.6 Å². The number of carbonyl (C=O) groups excluding carboxylic acids is 6. The van der Waals surface area contributed by atoms with E-state index in [1.54, 1.807) is 117 Å². The third-order valence-corrected chi connectivity index (χ3v) is 10.8. The molecule has 388 valence electrons. The van der Waals surface area contributed by atoms with E-state index in [0.717, 1.165) is 4.90 Å². The van der Waals surface area contributed by atoms with Gasteiger partial charge in [0.25, 0.3) is 0 Å². The number of carbonyl (C=O) groups is 7. The van der Waals surface area contributed by atoms with E-state index in [2.05, 4.69) is 21.3 Å². The fraction of sp³-hybridized carbons (Fsp3) is 0.510. The van der Waals surface area contributed by atoms with Gasteiger partial charge in [-0.15, -0.1) is 0 Å². The summed E-state index contributed by atoms with van der Waals surface area (Å²) in [6.07, 6.45) is -4.21. The first-order valence-corrected chi connectivity index (χ1v) is 23.5. The number of ether oxygens (including phenoxy) is 3. The second-order valence-corrected chi connectivity index (χ2v) is 20.4. The highest BCUT2D eigenvalue weighted by atomic mass is 16.6. The Kier molecular flexibility index (Phi) is 19.5. The topological polar surface area (TPSA) is 266 Å². The van der Waals surface area contributed by atoms with Crippen LogP contribution < -0.4 is 21.3 Å². The Balaban J connectivity index is 1.82. The van der Waals surface area contributed by atoms with Crippen molar-refractivity contribution >= 4 is 42.1 Å². The summed E-state index contributed by atoms with van der Waals surface area (Å²) in [5.74, 6) is -2.85. The van der Waals surface area contributed by atoms with Crippen LogP contribution in [0.15, 0.2) is 66.7 Å². The highest BCUT2D eigenvalue weighted by molar-refractivity contribution is 5.94. The van der Waals surface area contributed by atoms with Crippen LogP contribution in [-0.4, -0.2) is 147 Å². The molecule has 20 heteroatoms. The van der Waals surface area contributed by atoms with Gasteiger partial charge in [0.05, 0.1) is 0 Å². The third-order valence-electron chi connectivity index (χ3n) is 10.8. The molecule has 3 aromatic rings. The molecule has 20 nitrogen and oxygen atoms in total. The van der Waals surface area contributed by atoms with Gasteiger partial charge in [0.2, 0.25) is 17.7 Å². The van der Waals surface area contributed by atoms with Crippen molar-refractivity contribution in [2.24, 2.45) is 0 Å². The average Bonchev–Trinajstić information content (AvgIpc) is 3.25. The van der Waals surface area contributed by atoms with Crippen LogP contribution in [0.3, 0.4) is 0 Å². The molecule has 0 aliphatic carbocycles. The number of nitrogens with zero attached hydrogens (tertiary/aromatic N) is 3. The lowest BCUT2D eigenvalue weighted by Crippen LogP contribution is -2.58. The fourth-order valence-corrected chi connectivity index (χ4v) is 7.32. The Hall–Kier alpha value is -7.25. The average molecular weight is 990 g/mol. The van der Waals surface area contributed by atoms with Gasteiger partial charge in [0.1, 0.15) is 46.4 Å². The molecule has 0 spiro atoms. The van der Waals surface area contributed by atoms with Gasteiger partial charge in [0.15, 0.2) is 0 Å². The minimum absolute atomic E-state index is 0.000157. The highest BCUT2D eigenvalue weighted by Gasteiger charge is 2.34. The number of alkyl carbamates (subject to hydrolysis) is 2. The van der Waals surface area contributed by atoms with E-state index in [1.807, 2.05) is 0 Å². The maximum atomic E-state index is 15.2. The molecule has 0 saturated carbocycles. The molecule has 1 heterocycles. The zero-order chi connectivity index (χ0) is 52.8. The van der Waals surface area contributed by atoms with E-state index >= 15 is 4.79 Å². The maximum Gasteiger partial charge on any atom is 0.410 e. The first-order chi connectivity index (χ1) is 33.1. The summed E-state index contributed by atoms with van der Waals surface area (Å²) in [5, 5.41) is 43.4. The molecule has 4 bridgehead atoms. The number of nitrogens with one attached hydrogen (secondary N) is 4. The summed E-state index contributed by atoms with van der Waals surface area (Å²) in [7, 11) is 1.48. The number of phenols is 2. The van der Waals surface area contributed by atoms with Crippen molar-refractivity contribution in [2.75, 3.05) is 39.8 Å². The largest absolute Gasteiger partial charge is 0.508 e. The van der Waals surface area contributed by atoms with E-state index < -0.39 is 77.0 Å². The minimum atomic E-state index is -1.49. The molecule has 1 aliphatic heterocycles. The number of carboxylic acid groups (broad SMARTS) is 1. The number of phenolic OH excluding ortho intramolecular Hbond substituents is 2. The van der Waals surface area contributed by atoms with E-state index in [1.165, 1.54) is 29.0 Å². The summed E-state index contributed by atoms with van der Waals surface area (Å²) < 4.78 is 16.4. The summed E-state index contributed by atoms with van der Waals surface area (Å²) in [6.45, 7) is 14.5. The van der Waals surface area contributed by atoms with Gasteiger partial charge < -0.3 is 65.5 Å². The summed E-state index contributed by atoms with van der Waals surface area (Å²) >= 11 is 0. The van der Waals surface area contributed by atoms with Crippen molar-refractivity contribution in [3.05, 3.63) is 83.4 Å². The van der Waals surface area contributed by atoms with E-state index in [0.29, 0.717) is 16.7 Å². The standard InChI is InChI=1S/C51H71N7O13/c1-49(2,3)69-45(64)52-22-14-17-37-42(61)54-39(44(63)57(24-23-56(10)48(68)71-51(7,8)9)25-26-58(47(66)67)31-32-15-12-11-13-16-32)30-36-28-34(19-21-41(36)60)33-18-20-40(59)35(27-33)29-38(43(62)53-37)55-46(65)70-50(4,5)6/h11-13,15-16,18-21,27-28,37-39,59-60H,14,17,22-26,29-31H2,1-10H3,(H,52,64)(H,53,62)(H,54,61)(H,55,65)(H,66,67)/t37-,38-,39-/m0/s1. The lowest BCUT2D eigenvalue weighted by atomic mass is 9.95. The van der Waals surface area contributed by atoms with Gasteiger partial charge in [-0.05, 0) is 127 Å². The second-order valence-electron chi connectivity index (χ2n) is 20.4. The molecule has 0 fully saturated rings. The van der Waals surface area contributed by atoms with Gasteiger partial charge in [-0.3, -0.25) is 14.4 Å². The molecule has 1 aliphatic rings. The molecule has 4 rings (SSSR count). The number of fused-ring (bicyclic) bond motifs is 5. The van der Waals surface area contributed by atoms with Crippen molar-refractivity contribution in [3.63, 3.8) is 0 Å². The zero-order valence-corrected chi connectivity index (χ0v) is 42.4. The van der Waals surface area contributed by atoms with Crippen molar-refractivity contribution in [2.45, 2.75) is 129 Å². The molecule has 7 N–H and O–H groups in total. The van der Waals surface area contributed by atoms with Gasteiger partial charge >= 0.3 is 24.4 Å². The van der Waals surface area contributed by atoms with Gasteiger partial charge in [-0.25, -0.2) is 19.2 Å². The number of amides is 7. The number of aromatic hydroxyl groups is 2. The number of benzene rings is 3. The minimum Gasteiger partial charge on any atom is -0.508 e. The first-order valence-electron chi connectivity index (χ1n) is 23.5. The Morgan fingerprint density at radius 2 is 1.21 bits per heavy atom. The van der Waals surface area contributed by atoms with E-state index in [4.69, 9.17) is 14.2 Å². The van der Waals surface area contributed by atoms with Gasteiger partial charge in [-0.2, -0.15) is 0 Å². The number of likely N-dealkylation sites (N-methyl/N-ethyl adjacent to an activating group) is 1. The Morgan fingerprint density at radius 3 is 1.77 bits per heavy atom. The Labute approximate surface area is 415 Å². The van der Waals surface area contributed by atoms with Crippen LogP contribution in [-0.2, 0) is 48.0 Å². The molecule has 0 unspecified atom stereocenters. The van der Waals surface area contributed by atoms with Crippen molar-refractivity contribution in [1.82, 2.24) is 36.0 Å². The van der Waals surface area contributed by atoms with Crippen molar-refractivity contribution < 1.29 is 63.1 Å². The SMILES string of the molecule is CN(CCN(CCN(Cc1ccccc1)C(=O)O)C(=O)[C@@H]1Cc2cc(ccc2O)-c2ccc(O)c(c2)C[C@H](NC(=O)OC(C)(C)C)C(=O)N[C@@H](CCCNC(=O)OC(C)(C)C)C(=O)N1)C(=O)OC(C)(C)C. The molecule has 3 aromatic carbocycles. The number of rotatable bonds is 14. The highest BCUT2D eigenvalue weighted by Crippen LogP contribution is 2.31. The lowest BCUT2D eigenvalue weighted by Gasteiger charge is -2.32. The van der Waals surface area contributed by atoms with Crippen LogP contribution in [0.5, 0.6) is 11.5 Å². The van der Waals surface area contributed by atoms with E-state index in [-0.39, 0.29) is 87.6 Å². The van der Waals surface area contributed by atoms with Crippen molar-refractivity contribution in [1.29, 1.82) is 0 Å². The van der Waals surface area contributed by atoms with Gasteiger partial charge in [0, 0.05) is 59.2 Å². The molecular formula is C51H71N7O13. The van der Waals surface area contributed by atoms with Crippen LogP contribution in [0.4, 0.5) is 19.2 Å². The first kappa shape index (κ1) is 56.3. The molecule has 3 atom stereocenters. The normalized spacial score (nSPS) is 16.4. The maximum absolute atomic E-state index is 15.2. The molecular weight excluding hydrogens is 919 g/mol. The summed E-state index contributed by atoms with van der Waals surface area (Å²) in [6, 6.07) is 13.8. The van der Waals surface area contributed by atoms with Crippen LogP contribution in [0.2, 0.25) is 0 Å². The fourth-order valence-electron chi connectivity index (χ4n) is 7.32. The molecule has 7 amide bonds. The monoisotopic (exact) mass is 990 g/mol. The molecule has 0 radical (unpaired) electrons. The van der Waals surface area contributed by atoms with E-state index in [9.17, 15) is 44.1 Å². The molecule has 71 heavy (non-hydrogen) atoms. The van der Waals surface area contributed by atoms with Crippen LogP contribution in [0, 0.1) is 0 Å². The summed E-state index contributed by atoms with van der Waals surface area (Å²) in [5.41, 5.74) is -0.376. The predicted octanol–water partition coefficient (Wildman–Crippen LogP) is 5.91. The van der Waals surface area contributed by atoms with Crippen LogP contribution in [0.1, 0.15) is 91.8 Å². The Bertz CT molecular complexity index is 2360. The quantitative estimate of drug-likeness (QED) is 0.0733. The lowest BCUT2D eigenvalue weighted by molar-refractivity contribution is -0.138. The molecule has 0 aromatic heterocycles. The number of hydrogen-bond acceptors (Lipinski definition) is 12. The smallest absolute Gasteiger partial charge is 0.410 e. The van der Waals surface area contributed by atoms with Crippen LogP contribution in [0.25, 0.3) is 11.1 Å². The Morgan fingerprint density at radius 1 is 0.676 bits per heavy atom. The van der Waals surface area contributed by atoms with Crippen LogP contribution >= 0.6 is 0 Å². The third kappa shape index (κ3) is 18.9. The second kappa shape index (κ2) is 24.5. The molecule has 0 saturated heterocycles. The summed E-state index contributed by atoms with van der Waals surface area (Å²) in [4.78, 5) is 99.5.